The van der Waals surface area contributed by atoms with Gasteiger partial charge in [0.25, 0.3) is 0 Å². The van der Waals surface area contributed by atoms with Gasteiger partial charge in [-0.1, -0.05) is 12.8 Å². The number of rotatable bonds is 8. The van der Waals surface area contributed by atoms with Gasteiger partial charge in [-0.3, -0.25) is 4.99 Å². The summed E-state index contributed by atoms with van der Waals surface area (Å²) in [5, 5.41) is 7.11. The van der Waals surface area contributed by atoms with E-state index in [1.165, 1.54) is 35.4 Å². The van der Waals surface area contributed by atoms with Crippen molar-refractivity contribution in [2.45, 2.75) is 58.4 Å². The number of hydrogen-bond donors (Lipinski definition) is 2. The fraction of sp³-hybridized carbons (Fsp3) is 0.737. The summed E-state index contributed by atoms with van der Waals surface area (Å²) in [4.78, 5) is 7.22. The Morgan fingerprint density at radius 2 is 2.12 bits per heavy atom. The summed E-state index contributed by atoms with van der Waals surface area (Å²) in [6.45, 7) is 6.22. The molecule has 1 saturated carbocycles. The highest BCUT2D eigenvalue weighted by molar-refractivity contribution is 7.11. The SMILES string of the molecule is CN=C(NCC1(CCOC)CCCC1)NC(C)Cc1ccc(C)s1. The molecule has 1 atom stereocenters. The van der Waals surface area contributed by atoms with E-state index in [1.54, 1.807) is 7.11 Å². The van der Waals surface area contributed by atoms with Gasteiger partial charge in [0.2, 0.25) is 0 Å². The Morgan fingerprint density at radius 3 is 2.71 bits per heavy atom. The van der Waals surface area contributed by atoms with E-state index in [1.807, 2.05) is 18.4 Å². The van der Waals surface area contributed by atoms with Crippen molar-refractivity contribution >= 4 is 17.3 Å². The number of aliphatic imine (C=N–C) groups is 1. The molecule has 1 fully saturated rings. The number of nitrogens with one attached hydrogen (secondary N) is 2. The molecule has 1 unspecified atom stereocenters. The zero-order valence-corrected chi connectivity index (χ0v) is 16.5. The number of nitrogens with zero attached hydrogens (tertiary/aromatic N) is 1. The van der Waals surface area contributed by atoms with Crippen molar-refractivity contribution in [1.29, 1.82) is 0 Å². The Labute approximate surface area is 151 Å². The molecule has 0 amide bonds. The molecule has 2 N–H and O–H groups in total. The molecule has 0 aliphatic heterocycles. The lowest BCUT2D eigenvalue weighted by molar-refractivity contribution is 0.138. The molecule has 1 aromatic rings. The van der Waals surface area contributed by atoms with Crippen LogP contribution in [-0.4, -0.2) is 39.3 Å². The Balaban J connectivity index is 1.82. The molecule has 1 heterocycles. The molecule has 0 saturated heterocycles. The first-order valence-corrected chi connectivity index (χ1v) is 9.90. The van der Waals surface area contributed by atoms with Crippen LogP contribution in [0.5, 0.6) is 0 Å². The molecule has 24 heavy (non-hydrogen) atoms. The zero-order chi connectivity index (χ0) is 17.4. The molecule has 4 nitrogen and oxygen atoms in total. The first-order chi connectivity index (χ1) is 11.6. The highest BCUT2D eigenvalue weighted by Crippen LogP contribution is 2.40. The van der Waals surface area contributed by atoms with E-state index in [9.17, 15) is 0 Å². The summed E-state index contributed by atoms with van der Waals surface area (Å²) in [5.74, 6) is 0.916. The first kappa shape index (κ1) is 19.3. The van der Waals surface area contributed by atoms with Crippen LogP contribution in [0.15, 0.2) is 17.1 Å². The summed E-state index contributed by atoms with van der Waals surface area (Å²) < 4.78 is 5.32. The second-order valence-electron chi connectivity index (χ2n) is 7.14. The average molecular weight is 352 g/mol. The Bertz CT molecular complexity index is 520. The molecule has 5 heteroatoms. The van der Waals surface area contributed by atoms with Crippen molar-refractivity contribution in [3.8, 4) is 0 Å². The van der Waals surface area contributed by atoms with Crippen LogP contribution in [0.25, 0.3) is 0 Å². The van der Waals surface area contributed by atoms with Gasteiger partial charge in [0.05, 0.1) is 0 Å². The van der Waals surface area contributed by atoms with Gasteiger partial charge in [0.15, 0.2) is 5.96 Å². The van der Waals surface area contributed by atoms with Gasteiger partial charge >= 0.3 is 0 Å². The van der Waals surface area contributed by atoms with Gasteiger partial charge in [-0.25, -0.2) is 0 Å². The van der Waals surface area contributed by atoms with Crippen molar-refractivity contribution in [3.63, 3.8) is 0 Å². The van der Waals surface area contributed by atoms with Gasteiger partial charge in [0, 0.05) is 49.5 Å². The predicted octanol–water partition coefficient (Wildman–Crippen LogP) is 3.75. The Kier molecular flexibility index (Phi) is 7.56. The van der Waals surface area contributed by atoms with Crippen LogP contribution in [0.4, 0.5) is 0 Å². The normalized spacial score (nSPS) is 18.6. The van der Waals surface area contributed by atoms with E-state index in [0.29, 0.717) is 11.5 Å². The van der Waals surface area contributed by atoms with Gasteiger partial charge in [0.1, 0.15) is 0 Å². The lowest BCUT2D eigenvalue weighted by Gasteiger charge is -2.30. The van der Waals surface area contributed by atoms with E-state index in [2.05, 4.69) is 41.6 Å². The maximum atomic E-state index is 5.32. The van der Waals surface area contributed by atoms with Gasteiger partial charge in [-0.15, -0.1) is 11.3 Å². The van der Waals surface area contributed by atoms with Gasteiger partial charge in [-0.05, 0) is 50.7 Å². The van der Waals surface area contributed by atoms with E-state index >= 15 is 0 Å². The van der Waals surface area contributed by atoms with Crippen molar-refractivity contribution in [2.24, 2.45) is 10.4 Å². The van der Waals surface area contributed by atoms with Gasteiger partial charge in [-0.2, -0.15) is 0 Å². The Hall–Kier alpha value is -1.07. The smallest absolute Gasteiger partial charge is 0.191 e. The summed E-state index contributed by atoms with van der Waals surface area (Å²) in [5.41, 5.74) is 0.377. The topological polar surface area (TPSA) is 45.7 Å². The van der Waals surface area contributed by atoms with Crippen LogP contribution in [-0.2, 0) is 11.2 Å². The molecule has 0 spiro atoms. The van der Waals surface area contributed by atoms with E-state index in [-0.39, 0.29) is 0 Å². The molecular weight excluding hydrogens is 318 g/mol. The predicted molar refractivity (Wildman–Crippen MR) is 104 cm³/mol. The number of methoxy groups -OCH3 is 1. The average Bonchev–Trinajstić information content (AvgIpc) is 3.19. The minimum absolute atomic E-state index is 0.368. The van der Waals surface area contributed by atoms with Crippen LogP contribution in [0, 0.1) is 12.3 Å². The number of guanidine groups is 1. The largest absolute Gasteiger partial charge is 0.385 e. The number of aryl methyl sites for hydroxylation is 1. The monoisotopic (exact) mass is 351 g/mol. The van der Waals surface area contributed by atoms with Crippen LogP contribution >= 0.6 is 11.3 Å². The molecule has 1 aliphatic rings. The fourth-order valence-corrected chi connectivity index (χ4v) is 4.62. The number of hydrogen-bond acceptors (Lipinski definition) is 3. The van der Waals surface area contributed by atoms with Crippen molar-refractivity contribution in [1.82, 2.24) is 10.6 Å². The minimum Gasteiger partial charge on any atom is -0.385 e. The van der Waals surface area contributed by atoms with Crippen LogP contribution < -0.4 is 10.6 Å². The molecule has 1 aliphatic carbocycles. The second kappa shape index (κ2) is 9.42. The van der Waals surface area contributed by atoms with Crippen LogP contribution in [0.3, 0.4) is 0 Å². The third-order valence-corrected chi connectivity index (χ3v) is 6.06. The standard InChI is InChI=1S/C19H33N3OS/c1-15(13-17-8-7-16(2)24-17)22-18(20-3)21-14-19(11-12-23-4)9-5-6-10-19/h7-8,15H,5-6,9-14H2,1-4H3,(H2,20,21,22). The number of thiophene rings is 1. The molecule has 136 valence electrons. The van der Waals surface area contributed by atoms with Crippen molar-refractivity contribution in [2.75, 3.05) is 27.3 Å². The third kappa shape index (κ3) is 5.78. The Morgan fingerprint density at radius 1 is 1.38 bits per heavy atom. The molecule has 1 aromatic heterocycles. The highest BCUT2D eigenvalue weighted by Gasteiger charge is 2.33. The van der Waals surface area contributed by atoms with Crippen molar-refractivity contribution in [3.05, 3.63) is 21.9 Å². The number of ether oxygens (including phenoxy) is 1. The molecule has 0 radical (unpaired) electrons. The summed E-state index contributed by atoms with van der Waals surface area (Å²) in [6.07, 6.45) is 7.44. The van der Waals surface area contributed by atoms with E-state index < -0.39 is 0 Å². The lowest BCUT2D eigenvalue weighted by Crippen LogP contribution is -2.46. The lowest BCUT2D eigenvalue weighted by atomic mass is 9.83. The van der Waals surface area contributed by atoms with Crippen LogP contribution in [0.2, 0.25) is 0 Å². The maximum absolute atomic E-state index is 5.32. The molecule has 0 bridgehead atoms. The molecule has 0 aromatic carbocycles. The summed E-state index contributed by atoms with van der Waals surface area (Å²) in [7, 11) is 3.65. The van der Waals surface area contributed by atoms with Crippen LogP contribution in [0.1, 0.15) is 48.8 Å². The fourth-order valence-electron chi connectivity index (χ4n) is 3.61. The third-order valence-electron chi connectivity index (χ3n) is 5.04. The van der Waals surface area contributed by atoms with Gasteiger partial charge < -0.3 is 15.4 Å². The van der Waals surface area contributed by atoms with E-state index in [4.69, 9.17) is 4.74 Å². The minimum atomic E-state index is 0.368. The zero-order valence-electron chi connectivity index (χ0n) is 15.7. The summed E-state index contributed by atoms with van der Waals surface area (Å²) in [6, 6.07) is 4.79. The molecule has 2 rings (SSSR count). The highest BCUT2D eigenvalue weighted by atomic mass is 32.1. The van der Waals surface area contributed by atoms with E-state index in [0.717, 1.165) is 32.0 Å². The second-order valence-corrected chi connectivity index (χ2v) is 8.51. The molecular formula is C19H33N3OS. The first-order valence-electron chi connectivity index (χ1n) is 9.08. The van der Waals surface area contributed by atoms with Crippen molar-refractivity contribution < 1.29 is 4.74 Å². The maximum Gasteiger partial charge on any atom is 0.191 e. The summed E-state index contributed by atoms with van der Waals surface area (Å²) >= 11 is 1.88. The quantitative estimate of drug-likeness (QED) is 0.554.